The van der Waals surface area contributed by atoms with E-state index in [2.05, 4.69) is 15.5 Å². The molecule has 7 nitrogen and oxygen atoms in total. The van der Waals surface area contributed by atoms with Gasteiger partial charge in [0.1, 0.15) is 5.01 Å². The van der Waals surface area contributed by atoms with Crippen molar-refractivity contribution in [2.45, 2.75) is 37.5 Å². The first-order valence-corrected chi connectivity index (χ1v) is 12.4. The fourth-order valence-electron chi connectivity index (χ4n) is 3.60. The normalized spacial score (nSPS) is 17.4. The van der Waals surface area contributed by atoms with Gasteiger partial charge in [0.2, 0.25) is 15.0 Å². The molecule has 1 unspecified atom stereocenters. The van der Waals surface area contributed by atoms with Gasteiger partial charge in [-0.1, -0.05) is 47.2 Å². The maximum Gasteiger partial charge on any atom is 0.286 e. The van der Waals surface area contributed by atoms with E-state index in [9.17, 15) is 13.2 Å². The van der Waals surface area contributed by atoms with E-state index in [1.54, 1.807) is 24.3 Å². The van der Waals surface area contributed by atoms with Crippen molar-refractivity contribution in [2.75, 3.05) is 18.4 Å². The topological polar surface area (TPSA) is 92.3 Å². The van der Waals surface area contributed by atoms with Crippen LogP contribution < -0.4 is 5.32 Å². The Balaban J connectivity index is 1.48. The van der Waals surface area contributed by atoms with Crippen LogP contribution in [-0.2, 0) is 10.0 Å². The second-order valence-electron chi connectivity index (χ2n) is 7.73. The van der Waals surface area contributed by atoms with Gasteiger partial charge in [-0.25, -0.2) is 8.42 Å². The highest BCUT2D eigenvalue weighted by atomic mass is 32.2. The van der Waals surface area contributed by atoms with Crippen LogP contribution in [0.25, 0.3) is 0 Å². The second kappa shape index (κ2) is 8.86. The second-order valence-corrected chi connectivity index (χ2v) is 10.7. The number of nitrogens with one attached hydrogen (secondary N) is 1. The molecular formula is C22H24N4O3S2. The number of nitrogens with zero attached hydrogens (tertiary/aromatic N) is 3. The third-order valence-electron chi connectivity index (χ3n) is 5.42. The van der Waals surface area contributed by atoms with E-state index < -0.39 is 10.0 Å². The molecule has 3 aromatic rings. The Morgan fingerprint density at radius 1 is 1.10 bits per heavy atom. The molecule has 2 heterocycles. The number of hydrogen-bond donors (Lipinski definition) is 1. The van der Waals surface area contributed by atoms with Gasteiger partial charge in [0, 0.05) is 24.7 Å². The van der Waals surface area contributed by atoms with Crippen molar-refractivity contribution in [2.24, 2.45) is 0 Å². The standard InChI is InChI=1S/C22H24N4O3S2/c1-15-9-11-18(12-10-15)31(28,29)26-13-5-7-17(14-26)21-24-25-22(30-21)20(27)23-19-8-4-3-6-16(19)2/h3-4,6,8-12,17H,5,7,13-14H2,1-2H3,(H,23,27). The summed E-state index contributed by atoms with van der Waals surface area (Å²) in [7, 11) is -3.56. The number of sulfonamides is 1. The molecule has 1 aliphatic rings. The molecule has 31 heavy (non-hydrogen) atoms. The number of amides is 1. The Kier molecular flexibility index (Phi) is 6.17. The van der Waals surface area contributed by atoms with Gasteiger partial charge in [0.25, 0.3) is 5.91 Å². The fourth-order valence-corrected chi connectivity index (χ4v) is 5.99. The summed E-state index contributed by atoms with van der Waals surface area (Å²) in [5.74, 6) is -0.385. The van der Waals surface area contributed by atoms with Gasteiger partial charge in [-0.05, 0) is 50.5 Å². The van der Waals surface area contributed by atoms with Gasteiger partial charge in [0.05, 0.1) is 4.90 Å². The van der Waals surface area contributed by atoms with E-state index in [0.717, 1.165) is 29.7 Å². The molecule has 0 bridgehead atoms. The third-order valence-corrected chi connectivity index (χ3v) is 8.38. The molecule has 1 aromatic heterocycles. The minimum atomic E-state index is -3.56. The number of carbonyl (C=O) groups excluding carboxylic acids is 1. The van der Waals surface area contributed by atoms with Crippen molar-refractivity contribution < 1.29 is 13.2 Å². The Morgan fingerprint density at radius 3 is 2.58 bits per heavy atom. The third kappa shape index (κ3) is 4.68. The van der Waals surface area contributed by atoms with Crippen LogP contribution in [-0.4, -0.2) is 41.9 Å². The van der Waals surface area contributed by atoms with Crippen LogP contribution in [0.3, 0.4) is 0 Å². The molecule has 0 saturated carbocycles. The minimum Gasteiger partial charge on any atom is -0.320 e. The average molecular weight is 457 g/mol. The van der Waals surface area contributed by atoms with Gasteiger partial charge >= 0.3 is 0 Å². The molecule has 1 saturated heterocycles. The van der Waals surface area contributed by atoms with Crippen LogP contribution >= 0.6 is 11.3 Å². The number of benzene rings is 2. The van der Waals surface area contributed by atoms with Crippen molar-refractivity contribution in [3.05, 3.63) is 69.7 Å². The number of carbonyl (C=O) groups is 1. The molecule has 1 N–H and O–H groups in total. The zero-order chi connectivity index (χ0) is 22.0. The summed E-state index contributed by atoms with van der Waals surface area (Å²) in [6.45, 7) is 4.66. The van der Waals surface area contributed by atoms with Crippen molar-refractivity contribution in [3.8, 4) is 0 Å². The van der Waals surface area contributed by atoms with Crippen LogP contribution in [0.1, 0.15) is 44.7 Å². The average Bonchev–Trinajstić information content (AvgIpc) is 3.26. The van der Waals surface area contributed by atoms with Crippen LogP contribution in [0.5, 0.6) is 0 Å². The molecule has 0 spiro atoms. The van der Waals surface area contributed by atoms with Crippen LogP contribution in [0.15, 0.2) is 53.4 Å². The first-order chi connectivity index (χ1) is 14.8. The summed E-state index contributed by atoms with van der Waals surface area (Å²) >= 11 is 1.23. The van der Waals surface area contributed by atoms with Crippen molar-refractivity contribution in [3.63, 3.8) is 0 Å². The predicted octanol–water partition coefficient (Wildman–Crippen LogP) is 3.98. The van der Waals surface area contributed by atoms with E-state index in [-0.39, 0.29) is 16.8 Å². The van der Waals surface area contributed by atoms with E-state index >= 15 is 0 Å². The molecule has 162 valence electrons. The van der Waals surface area contributed by atoms with Gasteiger partial charge in [0.15, 0.2) is 0 Å². The zero-order valence-electron chi connectivity index (χ0n) is 17.4. The first-order valence-electron chi connectivity index (χ1n) is 10.1. The number of aryl methyl sites for hydroxylation is 2. The van der Waals surface area contributed by atoms with E-state index in [1.165, 1.54) is 15.6 Å². The lowest BCUT2D eigenvalue weighted by molar-refractivity contribution is 0.102. The van der Waals surface area contributed by atoms with Gasteiger partial charge < -0.3 is 5.32 Å². The van der Waals surface area contributed by atoms with Crippen LogP contribution in [0, 0.1) is 13.8 Å². The number of hydrogen-bond acceptors (Lipinski definition) is 6. The molecular weight excluding hydrogens is 432 g/mol. The van der Waals surface area contributed by atoms with Crippen molar-refractivity contribution >= 4 is 33.0 Å². The summed E-state index contributed by atoms with van der Waals surface area (Å²) in [4.78, 5) is 12.9. The van der Waals surface area contributed by atoms with Crippen molar-refractivity contribution in [1.29, 1.82) is 0 Å². The summed E-state index contributed by atoms with van der Waals surface area (Å²) in [6, 6.07) is 14.4. The largest absolute Gasteiger partial charge is 0.320 e. The first kappa shape index (κ1) is 21.6. The van der Waals surface area contributed by atoms with Crippen LogP contribution in [0.4, 0.5) is 5.69 Å². The van der Waals surface area contributed by atoms with Gasteiger partial charge in [-0.2, -0.15) is 4.31 Å². The lowest BCUT2D eigenvalue weighted by Gasteiger charge is -2.30. The van der Waals surface area contributed by atoms with Crippen LogP contribution in [0.2, 0.25) is 0 Å². The predicted molar refractivity (Wildman–Crippen MR) is 121 cm³/mol. The Hall–Kier alpha value is -2.62. The van der Waals surface area contributed by atoms with Gasteiger partial charge in [-0.15, -0.1) is 10.2 Å². The highest BCUT2D eigenvalue weighted by Crippen LogP contribution is 2.32. The number of rotatable bonds is 5. The molecule has 0 aliphatic carbocycles. The summed E-state index contributed by atoms with van der Waals surface area (Å²) in [5.41, 5.74) is 2.71. The van der Waals surface area contributed by atoms with E-state index in [4.69, 9.17) is 0 Å². The van der Waals surface area contributed by atoms with Crippen molar-refractivity contribution in [1.82, 2.24) is 14.5 Å². The molecule has 1 amide bonds. The molecule has 1 aliphatic heterocycles. The van der Waals surface area contributed by atoms with Gasteiger partial charge in [-0.3, -0.25) is 4.79 Å². The lowest BCUT2D eigenvalue weighted by Crippen LogP contribution is -2.39. The smallest absolute Gasteiger partial charge is 0.286 e. The Morgan fingerprint density at radius 2 is 1.84 bits per heavy atom. The molecule has 9 heteroatoms. The lowest BCUT2D eigenvalue weighted by atomic mass is 10.0. The maximum absolute atomic E-state index is 13.1. The number of aromatic nitrogens is 2. The quantitative estimate of drug-likeness (QED) is 0.627. The highest BCUT2D eigenvalue weighted by Gasteiger charge is 2.32. The molecule has 4 rings (SSSR count). The summed E-state index contributed by atoms with van der Waals surface area (Å²) in [6.07, 6.45) is 1.55. The number of anilines is 1. The fraction of sp³-hybridized carbons (Fsp3) is 0.318. The molecule has 0 radical (unpaired) electrons. The summed E-state index contributed by atoms with van der Waals surface area (Å²) < 4.78 is 27.6. The number of piperidine rings is 1. The van der Waals surface area contributed by atoms with E-state index in [0.29, 0.717) is 23.0 Å². The molecule has 2 aromatic carbocycles. The zero-order valence-corrected chi connectivity index (χ0v) is 19.0. The highest BCUT2D eigenvalue weighted by molar-refractivity contribution is 7.89. The molecule has 1 atom stereocenters. The Labute approximate surface area is 186 Å². The monoisotopic (exact) mass is 456 g/mol. The molecule has 1 fully saturated rings. The Bertz CT molecular complexity index is 1190. The summed E-state index contributed by atoms with van der Waals surface area (Å²) in [5, 5.41) is 12.1. The maximum atomic E-state index is 13.1. The number of para-hydroxylation sites is 1. The SMILES string of the molecule is Cc1ccc(S(=O)(=O)N2CCCC(c3nnc(C(=O)Nc4ccccc4C)s3)C2)cc1. The minimum absolute atomic E-state index is 0.0773. The van der Waals surface area contributed by atoms with E-state index in [1.807, 2.05) is 38.1 Å².